The molecule has 0 saturated carbocycles. The molecule has 0 aliphatic carbocycles. The van der Waals surface area contributed by atoms with Gasteiger partial charge in [0.15, 0.2) is 0 Å². The Morgan fingerprint density at radius 3 is 2.71 bits per heavy atom. The predicted molar refractivity (Wildman–Crippen MR) is 70.1 cm³/mol. The molecule has 1 aromatic heterocycles. The van der Waals surface area contributed by atoms with Crippen LogP contribution >= 0.6 is 0 Å². The Labute approximate surface area is 102 Å². The van der Waals surface area contributed by atoms with E-state index in [0.717, 1.165) is 6.54 Å². The Hall–Kier alpha value is -1.32. The first-order valence-electron chi connectivity index (χ1n) is 6.15. The monoisotopic (exact) mass is 233 g/mol. The summed E-state index contributed by atoms with van der Waals surface area (Å²) >= 11 is 0. The molecule has 3 N–H and O–H groups in total. The van der Waals surface area contributed by atoms with Crippen molar-refractivity contribution in [2.45, 2.75) is 26.5 Å². The summed E-state index contributed by atoms with van der Waals surface area (Å²) in [5, 5.41) is 13.2. The number of benzene rings is 1. The maximum absolute atomic E-state index is 9.94. The van der Waals surface area contributed by atoms with Gasteiger partial charge in [-0.15, -0.1) is 0 Å². The van der Waals surface area contributed by atoms with E-state index >= 15 is 0 Å². The lowest BCUT2D eigenvalue weighted by Crippen LogP contribution is -2.82. The molecular formula is C14H21N2O+. The second kappa shape index (κ2) is 4.90. The summed E-state index contributed by atoms with van der Waals surface area (Å²) in [4.78, 5) is 0. The molecule has 3 nitrogen and oxygen atoms in total. The summed E-state index contributed by atoms with van der Waals surface area (Å²) in [7, 11) is 1.98. The Morgan fingerprint density at radius 1 is 1.29 bits per heavy atom. The van der Waals surface area contributed by atoms with Crippen LogP contribution in [-0.2, 0) is 6.54 Å². The standard InChI is InChI=1S/C14H20N2O/c1-10-11(2)16(9-12(17)8-15-3)14-7-5-4-6-13(10)14/h4-7,12,15,17H,8-9H2,1-3H3/p+1/t12-/m1/s1. The van der Waals surface area contributed by atoms with Gasteiger partial charge in [0.25, 0.3) is 0 Å². The van der Waals surface area contributed by atoms with Gasteiger partial charge in [-0.1, -0.05) is 18.2 Å². The van der Waals surface area contributed by atoms with Crippen LogP contribution in [0, 0.1) is 13.8 Å². The summed E-state index contributed by atoms with van der Waals surface area (Å²) in [5.41, 5.74) is 3.78. The van der Waals surface area contributed by atoms with Crippen LogP contribution in [0.25, 0.3) is 10.9 Å². The van der Waals surface area contributed by atoms with E-state index in [0.29, 0.717) is 6.54 Å². The molecule has 3 heteroatoms. The van der Waals surface area contributed by atoms with Gasteiger partial charge in [0, 0.05) is 16.6 Å². The molecule has 0 fully saturated rings. The predicted octanol–water partition coefficient (Wildman–Crippen LogP) is 0.812. The highest BCUT2D eigenvalue weighted by molar-refractivity contribution is 5.85. The Balaban J connectivity index is 2.42. The van der Waals surface area contributed by atoms with Gasteiger partial charge >= 0.3 is 0 Å². The average Bonchev–Trinajstić information content (AvgIpc) is 2.56. The van der Waals surface area contributed by atoms with Gasteiger partial charge in [-0.2, -0.15) is 0 Å². The van der Waals surface area contributed by atoms with Crippen molar-refractivity contribution in [1.82, 2.24) is 4.57 Å². The second-order valence-corrected chi connectivity index (χ2v) is 4.64. The Kier molecular flexibility index (Phi) is 3.50. The smallest absolute Gasteiger partial charge is 0.121 e. The number of likely N-dealkylation sites (N-methyl/N-ethyl adjacent to an activating group) is 1. The summed E-state index contributed by atoms with van der Waals surface area (Å²) in [5.74, 6) is 0. The minimum atomic E-state index is -0.297. The highest BCUT2D eigenvalue weighted by Crippen LogP contribution is 2.24. The molecule has 0 aliphatic rings. The van der Waals surface area contributed by atoms with E-state index < -0.39 is 0 Å². The van der Waals surface area contributed by atoms with E-state index in [1.807, 2.05) is 12.4 Å². The molecule has 0 unspecified atom stereocenters. The molecule has 2 rings (SSSR count). The Morgan fingerprint density at radius 2 is 2.00 bits per heavy atom. The summed E-state index contributed by atoms with van der Waals surface area (Å²) in [6, 6.07) is 8.38. The minimum absolute atomic E-state index is 0.297. The maximum Gasteiger partial charge on any atom is 0.121 e. The number of aliphatic hydroxyl groups excluding tert-OH is 1. The van der Waals surface area contributed by atoms with Crippen LogP contribution in [0.15, 0.2) is 24.3 Å². The van der Waals surface area contributed by atoms with Crippen LogP contribution in [0.5, 0.6) is 0 Å². The minimum Gasteiger partial charge on any atom is -0.385 e. The van der Waals surface area contributed by atoms with Gasteiger partial charge in [0.05, 0.1) is 13.6 Å². The van der Waals surface area contributed by atoms with Crippen LogP contribution < -0.4 is 5.32 Å². The fourth-order valence-corrected chi connectivity index (χ4v) is 2.40. The normalized spacial score (nSPS) is 13.2. The molecule has 0 aliphatic heterocycles. The first-order chi connectivity index (χ1) is 8.15. The fraction of sp³-hybridized carbons (Fsp3) is 0.429. The molecule has 1 atom stereocenters. The zero-order chi connectivity index (χ0) is 12.4. The van der Waals surface area contributed by atoms with Crippen molar-refractivity contribution in [3.63, 3.8) is 0 Å². The number of fused-ring (bicyclic) bond motifs is 1. The fourth-order valence-electron chi connectivity index (χ4n) is 2.40. The van der Waals surface area contributed by atoms with E-state index in [1.165, 1.54) is 22.2 Å². The quantitative estimate of drug-likeness (QED) is 0.806. The van der Waals surface area contributed by atoms with Crippen molar-refractivity contribution < 1.29 is 10.4 Å². The molecule has 17 heavy (non-hydrogen) atoms. The third-order valence-corrected chi connectivity index (χ3v) is 3.45. The Bertz CT molecular complexity index is 516. The largest absolute Gasteiger partial charge is 0.385 e. The molecule has 1 heterocycles. The van der Waals surface area contributed by atoms with Crippen molar-refractivity contribution in [2.24, 2.45) is 0 Å². The van der Waals surface area contributed by atoms with Crippen molar-refractivity contribution in [3.8, 4) is 0 Å². The number of hydrogen-bond donors (Lipinski definition) is 2. The van der Waals surface area contributed by atoms with Gasteiger partial charge < -0.3 is 15.0 Å². The van der Waals surface area contributed by atoms with E-state index in [9.17, 15) is 5.11 Å². The van der Waals surface area contributed by atoms with Gasteiger partial charge in [0.2, 0.25) is 0 Å². The SMILES string of the molecule is C[NH2+]C[C@@H](O)Cn1c(C)c(C)c2ccccc21. The third kappa shape index (κ3) is 2.21. The van der Waals surface area contributed by atoms with Crippen LogP contribution in [0.4, 0.5) is 0 Å². The van der Waals surface area contributed by atoms with Crippen molar-refractivity contribution in [2.75, 3.05) is 13.6 Å². The second-order valence-electron chi connectivity index (χ2n) is 4.64. The van der Waals surface area contributed by atoms with E-state index in [4.69, 9.17) is 0 Å². The number of para-hydroxylation sites is 1. The van der Waals surface area contributed by atoms with Gasteiger partial charge in [-0.3, -0.25) is 0 Å². The van der Waals surface area contributed by atoms with Gasteiger partial charge in [0.1, 0.15) is 12.6 Å². The third-order valence-electron chi connectivity index (χ3n) is 3.45. The first kappa shape index (κ1) is 12.1. The van der Waals surface area contributed by atoms with E-state index in [1.54, 1.807) is 0 Å². The lowest BCUT2D eigenvalue weighted by Gasteiger charge is -2.12. The number of rotatable bonds is 4. The molecular weight excluding hydrogens is 212 g/mol. The highest BCUT2D eigenvalue weighted by Gasteiger charge is 2.13. The summed E-state index contributed by atoms with van der Waals surface area (Å²) in [6.07, 6.45) is -0.297. The summed E-state index contributed by atoms with van der Waals surface area (Å²) < 4.78 is 2.22. The number of nitrogens with zero attached hydrogens (tertiary/aromatic N) is 1. The number of hydrogen-bond acceptors (Lipinski definition) is 1. The molecule has 92 valence electrons. The molecule has 1 aromatic carbocycles. The number of nitrogens with two attached hydrogens (primary N) is 1. The number of aromatic nitrogens is 1. The topological polar surface area (TPSA) is 41.8 Å². The lowest BCUT2D eigenvalue weighted by atomic mass is 10.2. The van der Waals surface area contributed by atoms with E-state index in [-0.39, 0.29) is 6.10 Å². The molecule has 0 saturated heterocycles. The number of aryl methyl sites for hydroxylation is 1. The molecule has 0 bridgehead atoms. The summed E-state index contributed by atoms with van der Waals surface area (Å²) in [6.45, 7) is 5.68. The molecule has 0 spiro atoms. The van der Waals surface area contributed by atoms with Gasteiger partial charge in [-0.05, 0) is 25.5 Å². The van der Waals surface area contributed by atoms with Crippen molar-refractivity contribution in [3.05, 3.63) is 35.5 Å². The van der Waals surface area contributed by atoms with Crippen LogP contribution in [-0.4, -0.2) is 29.4 Å². The average molecular weight is 233 g/mol. The lowest BCUT2D eigenvalue weighted by molar-refractivity contribution is -0.634. The van der Waals surface area contributed by atoms with Crippen molar-refractivity contribution in [1.29, 1.82) is 0 Å². The highest BCUT2D eigenvalue weighted by atomic mass is 16.3. The van der Waals surface area contributed by atoms with Crippen LogP contribution in [0.3, 0.4) is 0 Å². The van der Waals surface area contributed by atoms with E-state index in [2.05, 4.69) is 42.7 Å². The molecule has 2 aromatic rings. The number of aliphatic hydroxyl groups is 1. The zero-order valence-electron chi connectivity index (χ0n) is 10.8. The first-order valence-corrected chi connectivity index (χ1v) is 6.15. The maximum atomic E-state index is 9.94. The van der Waals surface area contributed by atoms with Crippen molar-refractivity contribution >= 4 is 10.9 Å². The van der Waals surface area contributed by atoms with Crippen LogP contribution in [0.2, 0.25) is 0 Å². The molecule has 0 amide bonds. The number of quaternary nitrogens is 1. The van der Waals surface area contributed by atoms with Crippen LogP contribution in [0.1, 0.15) is 11.3 Å². The van der Waals surface area contributed by atoms with Gasteiger partial charge in [-0.25, -0.2) is 0 Å². The molecule has 0 radical (unpaired) electrons. The zero-order valence-corrected chi connectivity index (χ0v) is 10.8.